The third-order valence-electron chi connectivity index (χ3n) is 2.95. The quantitative estimate of drug-likeness (QED) is 0.605. The highest BCUT2D eigenvalue weighted by Gasteiger charge is 2.35. The molecule has 1 aromatic rings. The highest BCUT2D eigenvalue weighted by atomic mass is 16.5. The van der Waals surface area contributed by atoms with Crippen molar-refractivity contribution in [2.75, 3.05) is 20.3 Å². The van der Waals surface area contributed by atoms with Gasteiger partial charge in [0, 0.05) is 6.54 Å². The fourth-order valence-corrected chi connectivity index (χ4v) is 1.77. The van der Waals surface area contributed by atoms with Gasteiger partial charge in [0.05, 0.1) is 13.7 Å². The van der Waals surface area contributed by atoms with Crippen LogP contribution in [0, 0.1) is 0 Å². The average Bonchev–Trinajstić information content (AvgIpc) is 2.45. The van der Waals surface area contributed by atoms with Crippen LogP contribution in [0.1, 0.15) is 19.4 Å². The zero-order valence-corrected chi connectivity index (χ0v) is 11.7. The van der Waals surface area contributed by atoms with E-state index >= 15 is 0 Å². The SMILES string of the molecule is C=CCNC(C)(C(=O)OCC)c1ccc(OC)cc1. The van der Waals surface area contributed by atoms with Crippen LogP contribution in [-0.4, -0.2) is 26.2 Å². The summed E-state index contributed by atoms with van der Waals surface area (Å²) in [6.45, 7) is 8.11. The van der Waals surface area contributed by atoms with Gasteiger partial charge in [-0.1, -0.05) is 18.2 Å². The molecule has 0 radical (unpaired) electrons. The van der Waals surface area contributed by atoms with E-state index in [0.29, 0.717) is 13.2 Å². The van der Waals surface area contributed by atoms with Crippen molar-refractivity contribution in [3.63, 3.8) is 0 Å². The molecule has 1 atom stereocenters. The molecular weight excluding hydrogens is 242 g/mol. The largest absolute Gasteiger partial charge is 0.497 e. The number of carbonyl (C=O) groups is 1. The maximum Gasteiger partial charge on any atom is 0.330 e. The maximum absolute atomic E-state index is 12.2. The summed E-state index contributed by atoms with van der Waals surface area (Å²) in [5.74, 6) is 0.445. The van der Waals surface area contributed by atoms with Gasteiger partial charge in [-0.25, -0.2) is 4.79 Å². The number of benzene rings is 1. The molecule has 0 saturated carbocycles. The van der Waals surface area contributed by atoms with Gasteiger partial charge in [0.15, 0.2) is 0 Å². The van der Waals surface area contributed by atoms with Crippen molar-refractivity contribution < 1.29 is 14.3 Å². The summed E-state index contributed by atoms with van der Waals surface area (Å²) in [5, 5.41) is 3.15. The van der Waals surface area contributed by atoms with Crippen molar-refractivity contribution in [3.8, 4) is 5.75 Å². The second kappa shape index (κ2) is 6.95. The van der Waals surface area contributed by atoms with Crippen LogP contribution in [0.5, 0.6) is 5.75 Å². The number of ether oxygens (including phenoxy) is 2. The van der Waals surface area contributed by atoms with Crippen molar-refractivity contribution in [2.45, 2.75) is 19.4 Å². The summed E-state index contributed by atoms with van der Waals surface area (Å²) < 4.78 is 10.3. The van der Waals surface area contributed by atoms with Gasteiger partial charge in [0.2, 0.25) is 0 Å². The molecule has 0 aromatic heterocycles. The van der Waals surface area contributed by atoms with Crippen LogP contribution in [0.4, 0.5) is 0 Å². The molecular formula is C15H21NO3. The van der Waals surface area contributed by atoms with Crippen LogP contribution >= 0.6 is 0 Å². The summed E-state index contributed by atoms with van der Waals surface area (Å²) in [4.78, 5) is 12.2. The monoisotopic (exact) mass is 263 g/mol. The zero-order chi connectivity index (χ0) is 14.3. The minimum Gasteiger partial charge on any atom is -0.497 e. The molecule has 4 nitrogen and oxygen atoms in total. The number of rotatable bonds is 7. The molecule has 1 rings (SSSR count). The van der Waals surface area contributed by atoms with Gasteiger partial charge in [0.25, 0.3) is 0 Å². The van der Waals surface area contributed by atoms with Crippen LogP contribution in [0.3, 0.4) is 0 Å². The van der Waals surface area contributed by atoms with E-state index < -0.39 is 5.54 Å². The molecule has 4 heteroatoms. The van der Waals surface area contributed by atoms with Gasteiger partial charge in [-0.05, 0) is 31.5 Å². The molecule has 0 heterocycles. The summed E-state index contributed by atoms with van der Waals surface area (Å²) in [6.07, 6.45) is 1.71. The first-order valence-corrected chi connectivity index (χ1v) is 6.26. The molecule has 0 aliphatic heterocycles. The first kappa shape index (κ1) is 15.2. The molecule has 0 fully saturated rings. The van der Waals surface area contributed by atoms with Gasteiger partial charge in [-0.15, -0.1) is 6.58 Å². The Morgan fingerprint density at radius 1 is 1.42 bits per heavy atom. The maximum atomic E-state index is 12.2. The van der Waals surface area contributed by atoms with Gasteiger partial charge in [-0.2, -0.15) is 0 Å². The van der Waals surface area contributed by atoms with Gasteiger partial charge in [0.1, 0.15) is 11.3 Å². The molecule has 0 spiro atoms. The van der Waals surface area contributed by atoms with E-state index in [1.54, 1.807) is 27.0 Å². The fraction of sp³-hybridized carbons (Fsp3) is 0.400. The molecule has 0 bridgehead atoms. The van der Waals surface area contributed by atoms with Crippen LogP contribution in [-0.2, 0) is 15.1 Å². The Morgan fingerprint density at radius 3 is 2.53 bits per heavy atom. The Morgan fingerprint density at radius 2 is 2.05 bits per heavy atom. The zero-order valence-electron chi connectivity index (χ0n) is 11.7. The average molecular weight is 263 g/mol. The lowest BCUT2D eigenvalue weighted by Crippen LogP contribution is -2.47. The van der Waals surface area contributed by atoms with Crippen molar-refractivity contribution in [2.24, 2.45) is 0 Å². The van der Waals surface area contributed by atoms with Crippen LogP contribution in [0.2, 0.25) is 0 Å². The summed E-state index contributed by atoms with van der Waals surface area (Å²) in [6, 6.07) is 7.35. The number of hydrogen-bond acceptors (Lipinski definition) is 4. The number of nitrogens with one attached hydrogen (secondary N) is 1. The van der Waals surface area contributed by atoms with E-state index in [-0.39, 0.29) is 5.97 Å². The predicted octanol–water partition coefficient (Wildman–Crippen LogP) is 2.25. The van der Waals surface area contributed by atoms with Crippen molar-refractivity contribution in [3.05, 3.63) is 42.5 Å². The number of hydrogen-bond donors (Lipinski definition) is 1. The van der Waals surface area contributed by atoms with E-state index in [1.807, 2.05) is 24.3 Å². The van der Waals surface area contributed by atoms with E-state index in [1.165, 1.54) is 0 Å². The molecule has 0 aliphatic carbocycles. The van der Waals surface area contributed by atoms with Gasteiger partial charge < -0.3 is 9.47 Å². The third kappa shape index (κ3) is 3.58. The highest BCUT2D eigenvalue weighted by Crippen LogP contribution is 2.24. The Kier molecular flexibility index (Phi) is 5.57. The smallest absolute Gasteiger partial charge is 0.330 e. The Hall–Kier alpha value is -1.81. The molecule has 19 heavy (non-hydrogen) atoms. The van der Waals surface area contributed by atoms with E-state index in [9.17, 15) is 4.79 Å². The Bertz CT molecular complexity index is 428. The Balaban J connectivity index is 3.06. The molecule has 1 N–H and O–H groups in total. The minimum absolute atomic E-state index is 0.304. The van der Waals surface area contributed by atoms with Crippen LogP contribution in [0.25, 0.3) is 0 Å². The lowest BCUT2D eigenvalue weighted by molar-refractivity contribution is -0.150. The van der Waals surface area contributed by atoms with Crippen molar-refractivity contribution in [1.29, 1.82) is 0 Å². The first-order chi connectivity index (χ1) is 9.08. The van der Waals surface area contributed by atoms with Gasteiger partial charge in [-0.3, -0.25) is 5.32 Å². The molecule has 1 aromatic carbocycles. The topological polar surface area (TPSA) is 47.6 Å². The normalized spacial score (nSPS) is 13.4. The molecule has 0 saturated heterocycles. The lowest BCUT2D eigenvalue weighted by atomic mass is 9.92. The van der Waals surface area contributed by atoms with Crippen molar-refractivity contribution in [1.82, 2.24) is 5.32 Å². The number of esters is 1. The van der Waals surface area contributed by atoms with Gasteiger partial charge >= 0.3 is 5.97 Å². The van der Waals surface area contributed by atoms with Crippen LogP contribution < -0.4 is 10.1 Å². The molecule has 104 valence electrons. The summed E-state index contributed by atoms with van der Waals surface area (Å²) in [7, 11) is 1.61. The third-order valence-corrected chi connectivity index (χ3v) is 2.95. The standard InChI is InChI=1S/C15H21NO3/c1-5-11-16-15(3,14(17)19-6-2)12-7-9-13(18-4)10-8-12/h5,7-10,16H,1,6,11H2,2-4H3. The Labute approximate surface area is 114 Å². The van der Waals surface area contributed by atoms with E-state index in [4.69, 9.17) is 9.47 Å². The van der Waals surface area contributed by atoms with E-state index in [0.717, 1.165) is 11.3 Å². The second-order valence-corrected chi connectivity index (χ2v) is 4.24. The number of carbonyl (C=O) groups excluding carboxylic acids is 1. The fourth-order valence-electron chi connectivity index (χ4n) is 1.77. The first-order valence-electron chi connectivity index (χ1n) is 6.26. The summed E-state index contributed by atoms with van der Waals surface area (Å²) >= 11 is 0. The highest BCUT2D eigenvalue weighted by molar-refractivity contribution is 5.82. The molecule has 0 amide bonds. The molecule has 1 unspecified atom stereocenters. The second-order valence-electron chi connectivity index (χ2n) is 4.24. The summed E-state index contributed by atoms with van der Waals surface area (Å²) in [5.41, 5.74) is -0.0650. The number of methoxy groups -OCH3 is 1. The van der Waals surface area contributed by atoms with Crippen molar-refractivity contribution >= 4 is 5.97 Å². The lowest BCUT2D eigenvalue weighted by Gasteiger charge is -2.28. The van der Waals surface area contributed by atoms with Crippen LogP contribution in [0.15, 0.2) is 36.9 Å². The van der Waals surface area contributed by atoms with E-state index in [2.05, 4.69) is 11.9 Å². The minimum atomic E-state index is -0.892. The molecule has 0 aliphatic rings. The predicted molar refractivity (Wildman–Crippen MR) is 75.2 cm³/mol.